The van der Waals surface area contributed by atoms with Gasteiger partial charge in [-0.15, -0.1) is 0 Å². The minimum Gasteiger partial charge on any atom is -0.361 e. The Balaban J connectivity index is 1.91. The van der Waals surface area contributed by atoms with Crippen LogP contribution in [0.2, 0.25) is 0 Å². The number of rotatable bonds is 3. The molecule has 1 unspecified atom stereocenters. The fraction of sp³-hybridized carbons (Fsp3) is 0.545. The number of hydrogen-bond acceptors (Lipinski definition) is 5. The fourth-order valence-corrected chi connectivity index (χ4v) is 2.99. The minimum atomic E-state index is -0.459. The zero-order valence-electron chi connectivity index (χ0n) is 9.78. The number of nitrogens with one attached hydrogen (secondary N) is 1. The molecule has 0 bridgehead atoms. The Morgan fingerprint density at radius 2 is 2.24 bits per heavy atom. The summed E-state index contributed by atoms with van der Waals surface area (Å²) in [5.74, 6) is 0.794. The van der Waals surface area contributed by atoms with Crippen LogP contribution in [0.1, 0.15) is 23.4 Å². The third kappa shape index (κ3) is 2.69. The molecule has 1 aliphatic heterocycles. The number of thioether (sulfide) groups is 1. The summed E-state index contributed by atoms with van der Waals surface area (Å²) in [5.41, 5.74) is 1.97. The lowest BCUT2D eigenvalue weighted by Crippen LogP contribution is -2.43. The number of aromatic nitrogens is 1. The molecule has 1 atom stereocenters. The molecule has 5 nitrogen and oxygen atoms in total. The van der Waals surface area contributed by atoms with Crippen LogP contribution in [-0.4, -0.2) is 28.6 Å². The largest absolute Gasteiger partial charge is 0.361 e. The van der Waals surface area contributed by atoms with Crippen LogP contribution in [0.5, 0.6) is 0 Å². The SMILES string of the molecule is Cc1noc(C)c1CSC1CNC(=O)C(=O)C1. The zero-order valence-corrected chi connectivity index (χ0v) is 10.6. The Labute approximate surface area is 103 Å². The molecule has 1 aliphatic rings. The van der Waals surface area contributed by atoms with E-state index in [1.54, 1.807) is 11.8 Å². The van der Waals surface area contributed by atoms with Crippen molar-refractivity contribution >= 4 is 23.5 Å². The number of Topliss-reactive ketones (excluding diaryl/α,β-unsaturated/α-hetero) is 1. The second kappa shape index (κ2) is 4.91. The first-order valence-electron chi connectivity index (χ1n) is 5.42. The first-order valence-corrected chi connectivity index (χ1v) is 6.47. The van der Waals surface area contributed by atoms with Crippen molar-refractivity contribution in [2.24, 2.45) is 0 Å². The van der Waals surface area contributed by atoms with Crippen molar-refractivity contribution in [1.29, 1.82) is 0 Å². The predicted molar refractivity (Wildman–Crippen MR) is 63.7 cm³/mol. The normalized spacial score (nSPS) is 20.5. The number of nitrogens with zero attached hydrogens (tertiary/aromatic N) is 1. The average Bonchev–Trinajstić information content (AvgIpc) is 2.61. The van der Waals surface area contributed by atoms with E-state index in [9.17, 15) is 9.59 Å². The summed E-state index contributed by atoms with van der Waals surface area (Å²) in [5, 5.41) is 6.62. The maximum Gasteiger partial charge on any atom is 0.287 e. The van der Waals surface area contributed by atoms with Crippen LogP contribution in [0.25, 0.3) is 0 Å². The molecule has 0 saturated carbocycles. The molecule has 1 amide bonds. The molecule has 1 aromatic heterocycles. The standard InChI is InChI=1S/C11H14N2O3S/c1-6-9(7(2)16-13-6)5-17-8-3-10(14)11(15)12-4-8/h8H,3-5H2,1-2H3,(H,12,15). The maximum absolute atomic E-state index is 11.2. The van der Waals surface area contributed by atoms with Crippen LogP contribution in [0.15, 0.2) is 4.52 Å². The number of ketones is 1. The summed E-state index contributed by atoms with van der Waals surface area (Å²) in [6.07, 6.45) is 0.319. The van der Waals surface area contributed by atoms with Gasteiger partial charge < -0.3 is 9.84 Å². The number of carbonyl (C=O) groups is 2. The number of amides is 1. The van der Waals surface area contributed by atoms with E-state index in [0.717, 1.165) is 22.8 Å². The van der Waals surface area contributed by atoms with Crippen LogP contribution in [0.3, 0.4) is 0 Å². The molecule has 0 aliphatic carbocycles. The molecule has 1 fully saturated rings. The van der Waals surface area contributed by atoms with E-state index in [-0.39, 0.29) is 11.0 Å². The molecular formula is C11H14N2O3S. The highest BCUT2D eigenvalue weighted by Gasteiger charge is 2.26. The molecule has 1 N–H and O–H groups in total. The van der Waals surface area contributed by atoms with E-state index in [2.05, 4.69) is 10.5 Å². The lowest BCUT2D eigenvalue weighted by molar-refractivity contribution is -0.139. The van der Waals surface area contributed by atoms with Gasteiger partial charge in [0.25, 0.3) is 5.91 Å². The lowest BCUT2D eigenvalue weighted by Gasteiger charge is -2.20. The first kappa shape index (κ1) is 12.2. The van der Waals surface area contributed by atoms with Gasteiger partial charge in [0.2, 0.25) is 5.78 Å². The van der Waals surface area contributed by atoms with Gasteiger partial charge in [-0.2, -0.15) is 11.8 Å². The number of aryl methyl sites for hydroxylation is 2. The molecule has 17 heavy (non-hydrogen) atoms. The highest BCUT2D eigenvalue weighted by molar-refractivity contribution is 7.99. The van der Waals surface area contributed by atoms with Crippen LogP contribution in [0.4, 0.5) is 0 Å². The molecule has 0 radical (unpaired) electrons. The summed E-state index contributed by atoms with van der Waals surface area (Å²) < 4.78 is 5.07. The van der Waals surface area contributed by atoms with Gasteiger partial charge >= 0.3 is 0 Å². The van der Waals surface area contributed by atoms with Crippen LogP contribution < -0.4 is 5.32 Å². The monoisotopic (exact) mass is 254 g/mol. The molecule has 6 heteroatoms. The lowest BCUT2D eigenvalue weighted by atomic mass is 10.1. The van der Waals surface area contributed by atoms with Crippen LogP contribution in [-0.2, 0) is 15.3 Å². The van der Waals surface area contributed by atoms with Gasteiger partial charge in [-0.1, -0.05) is 5.16 Å². The number of carbonyl (C=O) groups excluding carboxylic acids is 2. The highest BCUT2D eigenvalue weighted by atomic mass is 32.2. The Morgan fingerprint density at radius 1 is 1.47 bits per heavy atom. The molecule has 2 rings (SSSR count). The van der Waals surface area contributed by atoms with Crippen molar-refractivity contribution in [3.05, 3.63) is 17.0 Å². The van der Waals surface area contributed by atoms with E-state index >= 15 is 0 Å². The highest BCUT2D eigenvalue weighted by Crippen LogP contribution is 2.25. The third-order valence-electron chi connectivity index (χ3n) is 2.80. The Bertz CT molecular complexity index is 436. The van der Waals surface area contributed by atoms with Crippen molar-refractivity contribution in [3.8, 4) is 0 Å². The zero-order chi connectivity index (χ0) is 12.4. The van der Waals surface area contributed by atoms with E-state index < -0.39 is 5.91 Å². The van der Waals surface area contributed by atoms with E-state index in [1.165, 1.54) is 0 Å². The summed E-state index contributed by atoms with van der Waals surface area (Å²) in [6.45, 7) is 4.34. The van der Waals surface area contributed by atoms with Gasteiger partial charge in [0.05, 0.1) is 5.69 Å². The van der Waals surface area contributed by atoms with Gasteiger partial charge in [0.15, 0.2) is 0 Å². The Kier molecular flexibility index (Phi) is 3.51. The molecule has 1 saturated heterocycles. The van der Waals surface area contributed by atoms with Gasteiger partial charge in [-0.3, -0.25) is 9.59 Å². The van der Waals surface area contributed by atoms with Crippen molar-refractivity contribution in [2.75, 3.05) is 6.54 Å². The van der Waals surface area contributed by atoms with Gasteiger partial charge in [0.1, 0.15) is 5.76 Å². The summed E-state index contributed by atoms with van der Waals surface area (Å²) in [4.78, 5) is 22.2. The second-order valence-electron chi connectivity index (χ2n) is 4.07. The van der Waals surface area contributed by atoms with E-state index in [1.807, 2.05) is 13.8 Å². The van der Waals surface area contributed by atoms with Crippen molar-refractivity contribution < 1.29 is 14.1 Å². The van der Waals surface area contributed by atoms with Gasteiger partial charge in [0, 0.05) is 29.5 Å². The summed E-state index contributed by atoms with van der Waals surface area (Å²) >= 11 is 1.65. The van der Waals surface area contributed by atoms with Gasteiger partial charge in [-0.25, -0.2) is 0 Å². The average molecular weight is 254 g/mol. The van der Waals surface area contributed by atoms with Crippen molar-refractivity contribution in [1.82, 2.24) is 10.5 Å². The molecule has 0 spiro atoms. The Hall–Kier alpha value is -1.30. The summed E-state index contributed by atoms with van der Waals surface area (Å²) in [6, 6.07) is 0. The second-order valence-corrected chi connectivity index (χ2v) is 5.36. The van der Waals surface area contributed by atoms with E-state index in [0.29, 0.717) is 13.0 Å². The maximum atomic E-state index is 11.2. The smallest absolute Gasteiger partial charge is 0.287 e. The molecule has 1 aromatic rings. The van der Waals surface area contributed by atoms with Crippen LogP contribution in [0, 0.1) is 13.8 Å². The topological polar surface area (TPSA) is 72.2 Å². The number of piperidine rings is 1. The van der Waals surface area contributed by atoms with Gasteiger partial charge in [-0.05, 0) is 13.8 Å². The summed E-state index contributed by atoms with van der Waals surface area (Å²) in [7, 11) is 0. The quantitative estimate of drug-likeness (QED) is 0.814. The molecular weight excluding hydrogens is 240 g/mol. The number of hydrogen-bond donors (Lipinski definition) is 1. The predicted octanol–water partition coefficient (Wildman–Crippen LogP) is 0.982. The van der Waals surface area contributed by atoms with E-state index in [4.69, 9.17) is 4.52 Å². The fourth-order valence-electron chi connectivity index (χ4n) is 1.70. The van der Waals surface area contributed by atoms with Crippen molar-refractivity contribution in [2.45, 2.75) is 31.3 Å². The Morgan fingerprint density at radius 3 is 2.82 bits per heavy atom. The molecule has 92 valence electrons. The molecule has 0 aromatic carbocycles. The van der Waals surface area contributed by atoms with Crippen molar-refractivity contribution in [3.63, 3.8) is 0 Å². The molecule has 2 heterocycles. The first-order chi connectivity index (χ1) is 8.08. The third-order valence-corrected chi connectivity index (χ3v) is 4.06. The minimum absolute atomic E-state index is 0.147. The van der Waals surface area contributed by atoms with Crippen LogP contribution >= 0.6 is 11.8 Å².